The van der Waals surface area contributed by atoms with Gasteiger partial charge in [-0.25, -0.2) is 4.79 Å². The van der Waals surface area contributed by atoms with Crippen LogP contribution in [0.5, 0.6) is 0 Å². The van der Waals surface area contributed by atoms with Crippen LogP contribution in [0.1, 0.15) is 45.7 Å². The second-order valence-corrected chi connectivity index (χ2v) is 6.00. The van der Waals surface area contributed by atoms with E-state index in [9.17, 15) is 4.79 Å². The minimum absolute atomic E-state index is 0.370. The largest absolute Gasteiger partial charge is 0.443 e. The van der Waals surface area contributed by atoms with E-state index in [0.717, 1.165) is 11.1 Å². The molecule has 0 aromatic heterocycles. The second kappa shape index (κ2) is 7.11. The summed E-state index contributed by atoms with van der Waals surface area (Å²) in [6.07, 6.45) is 3.64. The number of hydrogen-bond donors (Lipinski definition) is 0. The Morgan fingerprint density at radius 2 is 1.95 bits per heavy atom. The molecule has 0 aliphatic rings. The zero-order chi connectivity index (χ0) is 16.0. The maximum atomic E-state index is 12.3. The summed E-state index contributed by atoms with van der Waals surface area (Å²) in [5, 5.41) is 0. The molecule has 0 aliphatic carbocycles. The first-order valence-corrected chi connectivity index (χ1v) is 7.11. The Hall–Kier alpha value is -2.03. The fourth-order valence-corrected chi connectivity index (χ4v) is 1.86. The molecule has 114 valence electrons. The van der Waals surface area contributed by atoms with Gasteiger partial charge in [0.15, 0.2) is 0 Å². The summed E-state index contributed by atoms with van der Waals surface area (Å²) in [6, 6.07) is 7.99. The van der Waals surface area contributed by atoms with E-state index >= 15 is 0 Å². The van der Waals surface area contributed by atoms with Gasteiger partial charge in [0.05, 0.1) is 6.54 Å². The van der Waals surface area contributed by atoms with Crippen LogP contribution in [0.2, 0.25) is 0 Å². The molecule has 21 heavy (non-hydrogen) atoms. The van der Waals surface area contributed by atoms with Gasteiger partial charge in [0.1, 0.15) is 5.60 Å². The molecule has 0 atom stereocenters. The van der Waals surface area contributed by atoms with Crippen molar-refractivity contribution in [3.05, 3.63) is 53.7 Å². The summed E-state index contributed by atoms with van der Waals surface area (Å²) >= 11 is 0. The van der Waals surface area contributed by atoms with Gasteiger partial charge >= 0.3 is 6.09 Å². The molecule has 0 saturated heterocycles. The van der Waals surface area contributed by atoms with Crippen molar-refractivity contribution in [1.82, 2.24) is 4.90 Å². The minimum Gasteiger partial charge on any atom is -0.443 e. The van der Waals surface area contributed by atoms with Gasteiger partial charge in [-0.15, -0.1) is 0 Å². The maximum Gasteiger partial charge on any atom is 0.414 e. The topological polar surface area (TPSA) is 29.5 Å². The number of benzene rings is 1. The third-order valence-corrected chi connectivity index (χ3v) is 2.80. The first-order chi connectivity index (χ1) is 9.74. The fraction of sp³-hybridized carbons (Fsp3) is 0.389. The summed E-state index contributed by atoms with van der Waals surface area (Å²) in [6.45, 7) is 13.7. The Labute approximate surface area is 127 Å². The van der Waals surface area contributed by atoms with Gasteiger partial charge in [0.25, 0.3) is 0 Å². The summed E-state index contributed by atoms with van der Waals surface area (Å²) in [7, 11) is 0. The number of rotatable bonds is 4. The van der Waals surface area contributed by atoms with E-state index in [2.05, 4.69) is 6.58 Å². The summed E-state index contributed by atoms with van der Waals surface area (Å²) in [4.78, 5) is 13.9. The lowest BCUT2D eigenvalue weighted by Crippen LogP contribution is -2.35. The van der Waals surface area contributed by atoms with Crippen LogP contribution in [0.15, 0.2) is 42.6 Å². The Balaban J connectivity index is 2.99. The maximum absolute atomic E-state index is 12.3. The first kappa shape index (κ1) is 17.0. The second-order valence-electron chi connectivity index (χ2n) is 6.00. The molecule has 1 aromatic rings. The Morgan fingerprint density at radius 1 is 1.33 bits per heavy atom. The van der Waals surface area contributed by atoms with Crippen LogP contribution >= 0.6 is 0 Å². The third kappa shape index (κ3) is 5.46. The Kier molecular flexibility index (Phi) is 5.77. The van der Waals surface area contributed by atoms with E-state index in [4.69, 9.17) is 4.74 Å². The summed E-state index contributed by atoms with van der Waals surface area (Å²) in [5.74, 6) is 0. The molecule has 0 fully saturated rings. The lowest BCUT2D eigenvalue weighted by atomic mass is 10.1. The average molecular weight is 287 g/mol. The molecule has 0 aliphatic heterocycles. The molecule has 0 radical (unpaired) electrons. The predicted molar refractivity (Wildman–Crippen MR) is 87.7 cm³/mol. The van der Waals surface area contributed by atoms with Crippen LogP contribution < -0.4 is 0 Å². The van der Waals surface area contributed by atoms with E-state index in [1.807, 2.05) is 71.0 Å². The standard InChI is InChI=1S/C18H25NO2/c1-7-10-15-11-8-9-12-16(15)13-19(14(2)3)17(20)21-18(4,5)6/h7-12H,2,13H2,1,3-6H3/b10-7+. The van der Waals surface area contributed by atoms with Crippen molar-refractivity contribution >= 4 is 12.2 Å². The molecule has 1 amide bonds. The van der Waals surface area contributed by atoms with E-state index < -0.39 is 5.60 Å². The average Bonchev–Trinajstić information content (AvgIpc) is 2.35. The highest BCUT2D eigenvalue weighted by atomic mass is 16.6. The van der Waals surface area contributed by atoms with Gasteiger partial charge in [-0.3, -0.25) is 4.90 Å². The molecular weight excluding hydrogens is 262 g/mol. The molecule has 0 unspecified atom stereocenters. The van der Waals surface area contributed by atoms with Gasteiger partial charge in [-0.2, -0.15) is 0 Å². The number of ether oxygens (including phenoxy) is 1. The van der Waals surface area contributed by atoms with Crippen LogP contribution in [0, 0.1) is 0 Å². The van der Waals surface area contributed by atoms with Crippen LogP contribution in [0.4, 0.5) is 4.79 Å². The molecule has 0 spiro atoms. The van der Waals surface area contributed by atoms with Gasteiger partial charge in [0, 0.05) is 5.70 Å². The van der Waals surface area contributed by atoms with Crippen molar-refractivity contribution in [3.8, 4) is 0 Å². The van der Waals surface area contributed by atoms with E-state index in [1.54, 1.807) is 4.90 Å². The molecule has 3 nitrogen and oxygen atoms in total. The number of nitrogens with zero attached hydrogens (tertiary/aromatic N) is 1. The molecule has 0 N–H and O–H groups in total. The van der Waals surface area contributed by atoms with Gasteiger partial charge in [-0.05, 0) is 45.7 Å². The zero-order valence-electron chi connectivity index (χ0n) is 13.6. The molecule has 3 heteroatoms. The highest BCUT2D eigenvalue weighted by Crippen LogP contribution is 2.19. The van der Waals surface area contributed by atoms with Crippen LogP contribution in [0.25, 0.3) is 6.08 Å². The SMILES string of the molecule is C=C(C)N(Cc1ccccc1/C=C/C)C(=O)OC(C)(C)C. The number of allylic oxidation sites excluding steroid dienone is 2. The number of carbonyl (C=O) groups is 1. The molecule has 1 rings (SSSR count). The van der Waals surface area contributed by atoms with Crippen LogP contribution in [0.3, 0.4) is 0 Å². The highest BCUT2D eigenvalue weighted by molar-refractivity contribution is 5.70. The summed E-state index contributed by atoms with van der Waals surface area (Å²) in [5.41, 5.74) is 2.30. The smallest absolute Gasteiger partial charge is 0.414 e. The monoisotopic (exact) mass is 287 g/mol. The normalized spacial score (nSPS) is 11.5. The van der Waals surface area contributed by atoms with E-state index in [1.165, 1.54) is 0 Å². The van der Waals surface area contributed by atoms with Gasteiger partial charge in [-0.1, -0.05) is 43.0 Å². The first-order valence-electron chi connectivity index (χ1n) is 7.11. The number of amides is 1. The number of carbonyl (C=O) groups excluding carboxylic acids is 1. The van der Waals surface area contributed by atoms with Crippen molar-refractivity contribution in [3.63, 3.8) is 0 Å². The molecule has 0 saturated carbocycles. The molecule has 0 bridgehead atoms. The summed E-state index contributed by atoms with van der Waals surface area (Å²) < 4.78 is 5.44. The van der Waals surface area contributed by atoms with Gasteiger partial charge in [0.2, 0.25) is 0 Å². The quantitative estimate of drug-likeness (QED) is 0.780. The van der Waals surface area contributed by atoms with Crippen LogP contribution in [-0.2, 0) is 11.3 Å². The zero-order valence-corrected chi connectivity index (χ0v) is 13.6. The van der Waals surface area contributed by atoms with E-state index in [-0.39, 0.29) is 6.09 Å². The Bertz CT molecular complexity index is 538. The highest BCUT2D eigenvalue weighted by Gasteiger charge is 2.23. The van der Waals surface area contributed by atoms with Crippen molar-refractivity contribution in [2.75, 3.05) is 0 Å². The fourth-order valence-electron chi connectivity index (χ4n) is 1.86. The van der Waals surface area contributed by atoms with Crippen LogP contribution in [-0.4, -0.2) is 16.6 Å². The lowest BCUT2D eigenvalue weighted by molar-refractivity contribution is 0.0302. The van der Waals surface area contributed by atoms with Gasteiger partial charge < -0.3 is 4.74 Å². The lowest BCUT2D eigenvalue weighted by Gasteiger charge is -2.28. The molecule has 0 heterocycles. The van der Waals surface area contributed by atoms with E-state index in [0.29, 0.717) is 12.2 Å². The molecular formula is C18H25NO2. The van der Waals surface area contributed by atoms with Crippen molar-refractivity contribution in [2.45, 2.75) is 46.8 Å². The molecule has 1 aromatic carbocycles. The number of hydrogen-bond acceptors (Lipinski definition) is 2. The van der Waals surface area contributed by atoms with Crippen molar-refractivity contribution in [2.24, 2.45) is 0 Å². The predicted octanol–water partition coefficient (Wildman–Crippen LogP) is 4.99. The van der Waals surface area contributed by atoms with Crippen molar-refractivity contribution < 1.29 is 9.53 Å². The van der Waals surface area contributed by atoms with Crippen molar-refractivity contribution in [1.29, 1.82) is 0 Å². The Morgan fingerprint density at radius 3 is 2.48 bits per heavy atom. The minimum atomic E-state index is -0.520. The third-order valence-electron chi connectivity index (χ3n) is 2.80.